The number of aryl methyl sites for hydroxylation is 1. The lowest BCUT2D eigenvalue weighted by atomic mass is 10.3. The molecule has 0 amide bonds. The van der Waals surface area contributed by atoms with Gasteiger partial charge in [0.2, 0.25) is 0 Å². The minimum Gasteiger partial charge on any atom is -0.315 e. The van der Waals surface area contributed by atoms with Gasteiger partial charge >= 0.3 is 0 Å². The summed E-state index contributed by atoms with van der Waals surface area (Å²) < 4.78 is 0. The van der Waals surface area contributed by atoms with Gasteiger partial charge in [-0.15, -0.1) is 10.2 Å². The van der Waals surface area contributed by atoms with Gasteiger partial charge in [0.25, 0.3) is 0 Å². The average Bonchev–Trinajstić information content (AvgIpc) is 2.94. The third kappa shape index (κ3) is 3.57. The maximum atomic E-state index is 4.15. The van der Waals surface area contributed by atoms with Gasteiger partial charge in [-0.1, -0.05) is 25.2 Å². The van der Waals surface area contributed by atoms with E-state index in [1.807, 2.05) is 0 Å². The van der Waals surface area contributed by atoms with Crippen LogP contribution in [0.4, 0.5) is 0 Å². The quantitative estimate of drug-likeness (QED) is 0.756. The Morgan fingerprint density at radius 2 is 2.29 bits per heavy atom. The first-order chi connectivity index (χ1) is 8.25. The van der Waals surface area contributed by atoms with E-state index in [1.165, 1.54) is 0 Å². The summed E-state index contributed by atoms with van der Waals surface area (Å²) in [5.41, 5.74) is 0.758. The molecule has 2 heterocycles. The first-order valence-electron chi connectivity index (χ1n) is 5.67. The van der Waals surface area contributed by atoms with E-state index in [9.17, 15) is 0 Å². The van der Waals surface area contributed by atoms with Crippen molar-refractivity contribution in [3.8, 4) is 10.7 Å². The summed E-state index contributed by atoms with van der Waals surface area (Å²) in [4.78, 5) is 0. The highest BCUT2D eigenvalue weighted by atomic mass is 32.1. The van der Waals surface area contributed by atoms with Crippen LogP contribution in [0, 0.1) is 0 Å². The lowest BCUT2D eigenvalue weighted by molar-refractivity contribution is 0.569. The summed E-state index contributed by atoms with van der Waals surface area (Å²) >= 11 is 1.58. The summed E-state index contributed by atoms with van der Waals surface area (Å²) in [6.45, 7) is 5.30. The molecule has 0 radical (unpaired) electrons. The van der Waals surface area contributed by atoms with Gasteiger partial charge in [-0.3, -0.25) is 0 Å². The molecule has 0 aliphatic rings. The molecule has 2 rings (SSSR count). The third-order valence-corrected chi connectivity index (χ3v) is 3.23. The minimum atomic E-state index is 0.537. The molecule has 0 aromatic carbocycles. The Morgan fingerprint density at radius 1 is 1.41 bits per heavy atom. The average molecular weight is 252 g/mol. The van der Waals surface area contributed by atoms with Crippen LogP contribution in [0.3, 0.4) is 0 Å². The number of nitrogens with one attached hydrogen (secondary N) is 2. The van der Waals surface area contributed by atoms with E-state index in [4.69, 9.17) is 0 Å². The number of aromatic nitrogens is 5. The minimum absolute atomic E-state index is 0.537. The SMILES string of the molecule is CC(C)NCCCc1nnc(-c2cn[nH]n2)s1. The predicted molar refractivity (Wildman–Crippen MR) is 66.7 cm³/mol. The van der Waals surface area contributed by atoms with Crippen molar-refractivity contribution in [2.45, 2.75) is 32.7 Å². The molecule has 0 saturated carbocycles. The molecule has 0 spiro atoms. The molecule has 0 aliphatic carbocycles. The Hall–Kier alpha value is -1.34. The van der Waals surface area contributed by atoms with E-state index in [2.05, 4.69) is 44.8 Å². The van der Waals surface area contributed by atoms with Crippen molar-refractivity contribution in [3.63, 3.8) is 0 Å². The van der Waals surface area contributed by atoms with Crippen molar-refractivity contribution in [1.82, 2.24) is 30.9 Å². The van der Waals surface area contributed by atoms with Crippen molar-refractivity contribution in [1.29, 1.82) is 0 Å². The zero-order valence-corrected chi connectivity index (χ0v) is 10.8. The Balaban J connectivity index is 1.83. The lowest BCUT2D eigenvalue weighted by Crippen LogP contribution is -2.23. The molecule has 0 aliphatic heterocycles. The second-order valence-corrected chi connectivity index (χ2v) is 5.13. The molecule has 2 aromatic rings. The van der Waals surface area contributed by atoms with Gasteiger partial charge in [0.05, 0.1) is 6.20 Å². The number of H-pyrrole nitrogens is 1. The van der Waals surface area contributed by atoms with E-state index in [-0.39, 0.29) is 0 Å². The fraction of sp³-hybridized carbons (Fsp3) is 0.600. The first-order valence-corrected chi connectivity index (χ1v) is 6.49. The number of rotatable bonds is 6. The van der Waals surface area contributed by atoms with Crippen LogP contribution in [-0.4, -0.2) is 38.2 Å². The third-order valence-electron chi connectivity index (χ3n) is 2.22. The van der Waals surface area contributed by atoms with Crippen molar-refractivity contribution < 1.29 is 0 Å². The Bertz CT molecular complexity index is 435. The van der Waals surface area contributed by atoms with E-state index < -0.39 is 0 Å². The van der Waals surface area contributed by atoms with Crippen LogP contribution < -0.4 is 5.32 Å². The zero-order valence-electron chi connectivity index (χ0n) is 9.97. The zero-order chi connectivity index (χ0) is 12.1. The van der Waals surface area contributed by atoms with Gasteiger partial charge in [0, 0.05) is 12.5 Å². The number of nitrogens with zero attached hydrogens (tertiary/aromatic N) is 4. The van der Waals surface area contributed by atoms with Crippen molar-refractivity contribution in [3.05, 3.63) is 11.2 Å². The number of aromatic amines is 1. The lowest BCUT2D eigenvalue weighted by Gasteiger charge is -2.05. The van der Waals surface area contributed by atoms with E-state index in [1.54, 1.807) is 17.5 Å². The fourth-order valence-electron chi connectivity index (χ4n) is 1.39. The molecule has 0 bridgehead atoms. The summed E-state index contributed by atoms with van der Waals surface area (Å²) in [6, 6.07) is 0.537. The molecule has 92 valence electrons. The van der Waals surface area contributed by atoms with Crippen molar-refractivity contribution in [2.24, 2.45) is 0 Å². The maximum Gasteiger partial charge on any atom is 0.169 e. The highest BCUT2D eigenvalue weighted by molar-refractivity contribution is 7.14. The second-order valence-electron chi connectivity index (χ2n) is 4.07. The molecule has 0 saturated heterocycles. The van der Waals surface area contributed by atoms with Gasteiger partial charge < -0.3 is 5.32 Å². The van der Waals surface area contributed by atoms with Crippen LogP contribution in [0.2, 0.25) is 0 Å². The molecule has 17 heavy (non-hydrogen) atoms. The molecule has 6 nitrogen and oxygen atoms in total. The van der Waals surface area contributed by atoms with Gasteiger partial charge in [0.1, 0.15) is 10.7 Å². The van der Waals surface area contributed by atoms with Crippen LogP contribution in [0.25, 0.3) is 10.7 Å². The van der Waals surface area contributed by atoms with E-state index in [0.29, 0.717) is 6.04 Å². The Kier molecular flexibility index (Phi) is 4.16. The molecule has 0 unspecified atom stereocenters. The first kappa shape index (κ1) is 12.1. The summed E-state index contributed by atoms with van der Waals surface area (Å²) in [5.74, 6) is 0. The maximum absolute atomic E-state index is 4.15. The van der Waals surface area contributed by atoms with Crippen LogP contribution in [0.1, 0.15) is 25.3 Å². The summed E-state index contributed by atoms with van der Waals surface area (Å²) in [5, 5.41) is 23.8. The Morgan fingerprint density at radius 3 is 3.00 bits per heavy atom. The topological polar surface area (TPSA) is 79.4 Å². The highest BCUT2D eigenvalue weighted by Crippen LogP contribution is 2.20. The molecular formula is C10H16N6S. The van der Waals surface area contributed by atoms with E-state index >= 15 is 0 Å². The van der Waals surface area contributed by atoms with Gasteiger partial charge in [-0.2, -0.15) is 15.4 Å². The fourth-order valence-corrected chi connectivity index (χ4v) is 2.23. The van der Waals surface area contributed by atoms with Gasteiger partial charge in [0.15, 0.2) is 5.01 Å². The number of hydrogen-bond acceptors (Lipinski definition) is 6. The van der Waals surface area contributed by atoms with Crippen molar-refractivity contribution >= 4 is 11.3 Å². The molecule has 2 aromatic heterocycles. The van der Waals surface area contributed by atoms with Crippen molar-refractivity contribution in [2.75, 3.05) is 6.54 Å². The molecular weight excluding hydrogens is 236 g/mol. The molecule has 0 atom stereocenters. The van der Waals surface area contributed by atoms with Gasteiger partial charge in [-0.05, 0) is 13.0 Å². The highest BCUT2D eigenvalue weighted by Gasteiger charge is 2.08. The monoisotopic (exact) mass is 252 g/mol. The van der Waals surface area contributed by atoms with Crippen LogP contribution in [-0.2, 0) is 6.42 Å². The molecule has 2 N–H and O–H groups in total. The smallest absolute Gasteiger partial charge is 0.169 e. The largest absolute Gasteiger partial charge is 0.315 e. The molecule has 0 fully saturated rings. The second kappa shape index (κ2) is 5.83. The summed E-state index contributed by atoms with van der Waals surface area (Å²) in [6.07, 6.45) is 3.69. The standard InChI is InChI=1S/C10H16N6S/c1-7(2)11-5-3-4-9-14-15-10(17-9)8-6-12-16-13-8/h6-7,11H,3-5H2,1-2H3,(H,12,13,16). The van der Waals surface area contributed by atoms with Crippen LogP contribution in [0.15, 0.2) is 6.20 Å². The predicted octanol–water partition coefficient (Wildman–Crippen LogP) is 1.25. The van der Waals surface area contributed by atoms with E-state index in [0.717, 1.165) is 35.1 Å². The normalized spacial score (nSPS) is 11.2. The van der Waals surface area contributed by atoms with Crippen LogP contribution in [0.5, 0.6) is 0 Å². The van der Waals surface area contributed by atoms with Crippen LogP contribution >= 0.6 is 11.3 Å². The summed E-state index contributed by atoms with van der Waals surface area (Å²) in [7, 11) is 0. The number of hydrogen-bond donors (Lipinski definition) is 2. The van der Waals surface area contributed by atoms with Gasteiger partial charge in [-0.25, -0.2) is 0 Å². The molecule has 7 heteroatoms. The Labute approximate surface area is 104 Å².